The molecule has 2 amide bonds. The molecule has 1 fully saturated rings. The maximum absolute atomic E-state index is 13.0. The average molecular weight is 399 g/mol. The first-order chi connectivity index (χ1) is 12.0. The van der Waals surface area contributed by atoms with Crippen LogP contribution in [-0.2, 0) is 14.4 Å². The van der Waals surface area contributed by atoms with E-state index in [0.29, 0.717) is 17.0 Å². The van der Waals surface area contributed by atoms with Crippen LogP contribution in [0, 0.1) is 13.8 Å². The number of benzene rings is 2. The van der Waals surface area contributed by atoms with Gasteiger partial charge in [-0.25, -0.2) is 4.90 Å². The first-order valence-corrected chi connectivity index (χ1v) is 8.64. The summed E-state index contributed by atoms with van der Waals surface area (Å²) in [5.74, 6) is -0.712. The van der Waals surface area contributed by atoms with E-state index in [-0.39, 0.29) is 11.8 Å². The van der Waals surface area contributed by atoms with Crippen molar-refractivity contribution < 1.29 is 14.4 Å². The summed E-state index contributed by atoms with van der Waals surface area (Å²) in [7, 11) is 0. The molecule has 25 heavy (non-hydrogen) atoms. The number of hydroxylamine groups is 1. The Hall–Kier alpha value is -2.44. The van der Waals surface area contributed by atoms with Crippen molar-refractivity contribution in [2.45, 2.75) is 20.0 Å². The van der Waals surface area contributed by atoms with Gasteiger partial charge >= 0.3 is 0 Å². The first kappa shape index (κ1) is 16.1. The lowest BCUT2D eigenvalue weighted by molar-refractivity contribution is -0.127. The second-order valence-corrected chi connectivity index (χ2v) is 7.08. The highest BCUT2D eigenvalue weighted by atomic mass is 79.9. The molecule has 0 unspecified atom stereocenters. The highest BCUT2D eigenvalue weighted by Gasteiger charge is 2.50. The van der Waals surface area contributed by atoms with Gasteiger partial charge in [0, 0.05) is 10.0 Å². The van der Waals surface area contributed by atoms with Crippen molar-refractivity contribution in [2.75, 3.05) is 4.90 Å². The standard InChI is InChI=1S/C19H15BrN2O3/c1-10-3-8-14(11(2)9-10)22-18(23)15-16(21-25-17(15)19(22)24)12-4-6-13(20)7-5-12/h3-9,17,21H,1-2H3/t17-/m1/s1. The molecule has 0 aliphatic carbocycles. The number of nitrogens with zero attached hydrogens (tertiary/aromatic N) is 1. The number of imide groups is 1. The summed E-state index contributed by atoms with van der Waals surface area (Å²) in [6.07, 6.45) is -0.910. The number of carbonyl (C=O) groups excluding carboxylic acids is 2. The zero-order valence-corrected chi connectivity index (χ0v) is 15.3. The van der Waals surface area contributed by atoms with Crippen LogP contribution in [-0.4, -0.2) is 17.9 Å². The summed E-state index contributed by atoms with van der Waals surface area (Å²) < 4.78 is 0.933. The van der Waals surface area contributed by atoms with Crippen LogP contribution >= 0.6 is 15.9 Å². The van der Waals surface area contributed by atoms with Crippen molar-refractivity contribution in [2.24, 2.45) is 0 Å². The predicted molar refractivity (Wildman–Crippen MR) is 97.5 cm³/mol. The third-order valence-corrected chi connectivity index (χ3v) is 4.94. The molecule has 2 aromatic carbocycles. The third-order valence-electron chi connectivity index (χ3n) is 4.41. The van der Waals surface area contributed by atoms with E-state index in [9.17, 15) is 9.59 Å². The van der Waals surface area contributed by atoms with Crippen LogP contribution in [0.15, 0.2) is 52.5 Å². The van der Waals surface area contributed by atoms with E-state index in [2.05, 4.69) is 21.4 Å². The van der Waals surface area contributed by atoms with E-state index in [4.69, 9.17) is 4.84 Å². The van der Waals surface area contributed by atoms with Gasteiger partial charge in [-0.05, 0) is 37.6 Å². The molecular weight excluding hydrogens is 384 g/mol. The van der Waals surface area contributed by atoms with E-state index >= 15 is 0 Å². The van der Waals surface area contributed by atoms with Crippen molar-refractivity contribution in [1.29, 1.82) is 0 Å². The number of halogens is 1. The van der Waals surface area contributed by atoms with Crippen LogP contribution in [0.5, 0.6) is 0 Å². The normalized spacial score (nSPS) is 19.5. The zero-order chi connectivity index (χ0) is 17.7. The molecule has 2 aromatic rings. The Morgan fingerprint density at radius 1 is 1.08 bits per heavy atom. The topological polar surface area (TPSA) is 58.6 Å². The summed E-state index contributed by atoms with van der Waals surface area (Å²) in [6.45, 7) is 3.86. The minimum atomic E-state index is -0.910. The zero-order valence-electron chi connectivity index (χ0n) is 13.7. The van der Waals surface area contributed by atoms with Gasteiger partial charge < -0.3 is 0 Å². The van der Waals surface area contributed by atoms with Gasteiger partial charge in [0.05, 0.1) is 17.0 Å². The van der Waals surface area contributed by atoms with Crippen LogP contribution in [0.25, 0.3) is 5.70 Å². The van der Waals surface area contributed by atoms with Crippen LogP contribution in [0.2, 0.25) is 0 Å². The molecule has 5 nitrogen and oxygen atoms in total. The minimum Gasteiger partial charge on any atom is -0.270 e. The Labute approximate surface area is 153 Å². The quantitative estimate of drug-likeness (QED) is 0.788. The lowest BCUT2D eigenvalue weighted by Gasteiger charge is -2.18. The van der Waals surface area contributed by atoms with Gasteiger partial charge in [0.15, 0.2) is 6.10 Å². The van der Waals surface area contributed by atoms with Gasteiger partial charge in [0.25, 0.3) is 11.8 Å². The largest absolute Gasteiger partial charge is 0.270 e. The number of nitrogens with one attached hydrogen (secondary N) is 1. The fourth-order valence-corrected chi connectivity index (χ4v) is 3.47. The summed E-state index contributed by atoms with van der Waals surface area (Å²) in [6, 6.07) is 13.1. The molecule has 1 atom stereocenters. The Bertz CT molecular complexity index is 934. The fourth-order valence-electron chi connectivity index (χ4n) is 3.21. The number of fused-ring (bicyclic) bond motifs is 1. The Balaban J connectivity index is 1.80. The molecule has 0 bridgehead atoms. The number of rotatable bonds is 2. The van der Waals surface area contributed by atoms with Crippen molar-refractivity contribution in [3.8, 4) is 0 Å². The van der Waals surface area contributed by atoms with Gasteiger partial charge in [0.1, 0.15) is 0 Å². The number of aryl methyl sites for hydroxylation is 2. The highest BCUT2D eigenvalue weighted by molar-refractivity contribution is 9.10. The second kappa shape index (κ2) is 5.82. The Morgan fingerprint density at radius 3 is 2.48 bits per heavy atom. The van der Waals surface area contributed by atoms with E-state index in [0.717, 1.165) is 21.2 Å². The van der Waals surface area contributed by atoms with Crippen LogP contribution in [0.3, 0.4) is 0 Å². The first-order valence-electron chi connectivity index (χ1n) is 7.84. The lowest BCUT2D eigenvalue weighted by Crippen LogP contribution is -2.34. The highest BCUT2D eigenvalue weighted by Crippen LogP contribution is 2.37. The molecule has 2 aliphatic rings. The van der Waals surface area contributed by atoms with E-state index in [1.54, 1.807) is 6.07 Å². The Morgan fingerprint density at radius 2 is 1.80 bits per heavy atom. The molecule has 0 saturated carbocycles. The second-order valence-electron chi connectivity index (χ2n) is 6.16. The minimum absolute atomic E-state index is 0.343. The fraction of sp³-hybridized carbons (Fsp3) is 0.158. The van der Waals surface area contributed by atoms with E-state index < -0.39 is 6.10 Å². The Kier molecular flexibility index (Phi) is 3.74. The molecular formula is C19H15BrN2O3. The monoisotopic (exact) mass is 398 g/mol. The van der Waals surface area contributed by atoms with Crippen LogP contribution in [0.4, 0.5) is 5.69 Å². The van der Waals surface area contributed by atoms with Gasteiger partial charge in [0.2, 0.25) is 0 Å². The molecule has 4 rings (SSSR count). The third kappa shape index (κ3) is 2.49. The van der Waals surface area contributed by atoms with Crippen LogP contribution in [0.1, 0.15) is 16.7 Å². The maximum atomic E-state index is 13.0. The summed E-state index contributed by atoms with van der Waals surface area (Å²) in [5.41, 5.74) is 6.99. The molecule has 0 radical (unpaired) electrons. The molecule has 0 spiro atoms. The van der Waals surface area contributed by atoms with E-state index in [1.165, 1.54) is 4.90 Å². The lowest BCUT2D eigenvalue weighted by atomic mass is 10.1. The van der Waals surface area contributed by atoms with Crippen LogP contribution < -0.4 is 10.4 Å². The number of hydrogen-bond acceptors (Lipinski definition) is 4. The van der Waals surface area contributed by atoms with Gasteiger partial charge in [-0.1, -0.05) is 45.8 Å². The number of hydrogen-bond donors (Lipinski definition) is 1. The van der Waals surface area contributed by atoms with Gasteiger partial charge in [-0.3, -0.25) is 19.9 Å². The molecule has 0 aromatic heterocycles. The number of carbonyl (C=O) groups is 2. The average Bonchev–Trinajstić information content (AvgIpc) is 3.11. The molecule has 126 valence electrons. The smallest absolute Gasteiger partial charge is 0.270 e. The number of amides is 2. The van der Waals surface area contributed by atoms with Crippen molar-refractivity contribution in [3.05, 3.63) is 69.2 Å². The van der Waals surface area contributed by atoms with Crippen molar-refractivity contribution in [3.63, 3.8) is 0 Å². The van der Waals surface area contributed by atoms with Crippen molar-refractivity contribution in [1.82, 2.24) is 5.48 Å². The molecule has 1 saturated heterocycles. The summed E-state index contributed by atoms with van der Waals surface area (Å²) in [4.78, 5) is 32.4. The summed E-state index contributed by atoms with van der Waals surface area (Å²) >= 11 is 3.39. The van der Waals surface area contributed by atoms with Gasteiger partial charge in [-0.2, -0.15) is 0 Å². The predicted octanol–water partition coefficient (Wildman–Crippen LogP) is 3.25. The van der Waals surface area contributed by atoms with Gasteiger partial charge in [-0.15, -0.1) is 0 Å². The number of anilines is 1. The van der Waals surface area contributed by atoms with E-state index in [1.807, 2.05) is 50.2 Å². The molecule has 6 heteroatoms. The summed E-state index contributed by atoms with van der Waals surface area (Å²) in [5, 5.41) is 0. The maximum Gasteiger partial charge on any atom is 0.270 e. The molecule has 2 aliphatic heterocycles. The molecule has 1 N–H and O–H groups in total. The molecule has 2 heterocycles. The SMILES string of the molecule is Cc1ccc(N2C(=O)C3=C(c4ccc(Br)cc4)NO[C@H]3C2=O)c(C)c1. The van der Waals surface area contributed by atoms with Crippen molar-refractivity contribution >= 4 is 39.1 Å².